The van der Waals surface area contributed by atoms with E-state index >= 15 is 0 Å². The maximum atomic E-state index is 12.4. The highest BCUT2D eigenvalue weighted by atomic mass is 16.6. The molecule has 0 spiro atoms. The van der Waals surface area contributed by atoms with E-state index in [1.807, 2.05) is 0 Å². The number of hydrogen-bond acceptors (Lipinski definition) is 5. The predicted molar refractivity (Wildman–Crippen MR) is 68.4 cm³/mol. The first-order valence-corrected chi connectivity index (χ1v) is 6.00. The Bertz CT molecular complexity index is 560. The molecule has 106 valence electrons. The van der Waals surface area contributed by atoms with Crippen LogP contribution in [-0.2, 0) is 4.79 Å². The molecule has 1 atom stereocenters. The van der Waals surface area contributed by atoms with Crippen LogP contribution in [0.2, 0.25) is 0 Å². The molecule has 8 nitrogen and oxygen atoms in total. The highest BCUT2D eigenvalue weighted by Crippen LogP contribution is 2.21. The Morgan fingerprint density at radius 1 is 1.40 bits per heavy atom. The number of hydrogen-bond donors (Lipinski definition) is 2. The van der Waals surface area contributed by atoms with Crippen molar-refractivity contribution >= 4 is 17.6 Å². The first-order valence-electron chi connectivity index (χ1n) is 6.00. The summed E-state index contributed by atoms with van der Waals surface area (Å²) in [4.78, 5) is 35.0. The highest BCUT2D eigenvalue weighted by molar-refractivity contribution is 6.00. The Kier molecular flexibility index (Phi) is 3.94. The number of benzene rings is 1. The number of amides is 1. The quantitative estimate of drug-likeness (QED) is 0.599. The van der Waals surface area contributed by atoms with Gasteiger partial charge in [-0.2, -0.15) is 0 Å². The van der Waals surface area contributed by atoms with E-state index < -0.39 is 22.8 Å². The molecular weight excluding hydrogens is 266 g/mol. The monoisotopic (exact) mass is 279 g/mol. The summed E-state index contributed by atoms with van der Waals surface area (Å²) in [7, 11) is 0. The highest BCUT2D eigenvalue weighted by Gasteiger charge is 2.34. The van der Waals surface area contributed by atoms with Crippen LogP contribution in [-0.4, -0.2) is 52.5 Å². The van der Waals surface area contributed by atoms with Crippen molar-refractivity contribution in [1.82, 2.24) is 10.2 Å². The van der Waals surface area contributed by atoms with Crippen molar-refractivity contribution in [3.05, 3.63) is 39.9 Å². The Labute approximate surface area is 114 Å². The molecule has 1 heterocycles. The molecule has 2 rings (SSSR count). The summed E-state index contributed by atoms with van der Waals surface area (Å²) in [5.74, 6) is -1.77. The fourth-order valence-electron chi connectivity index (χ4n) is 2.14. The second-order valence-corrected chi connectivity index (χ2v) is 4.33. The fraction of sp³-hybridized carbons (Fsp3) is 0.333. The van der Waals surface area contributed by atoms with Gasteiger partial charge in [0.2, 0.25) is 0 Å². The molecule has 0 bridgehead atoms. The molecule has 20 heavy (non-hydrogen) atoms. The molecular formula is C12H13N3O5. The van der Waals surface area contributed by atoms with Gasteiger partial charge in [0.1, 0.15) is 11.6 Å². The average Bonchev–Trinajstić information content (AvgIpc) is 2.46. The zero-order chi connectivity index (χ0) is 14.7. The lowest BCUT2D eigenvalue weighted by atomic mass is 10.1. The van der Waals surface area contributed by atoms with Crippen LogP contribution in [0.3, 0.4) is 0 Å². The molecule has 0 aliphatic carbocycles. The van der Waals surface area contributed by atoms with E-state index in [1.165, 1.54) is 24.3 Å². The van der Waals surface area contributed by atoms with Crippen LogP contribution in [0.1, 0.15) is 10.4 Å². The summed E-state index contributed by atoms with van der Waals surface area (Å²) in [6.45, 7) is 0.777. The number of aliphatic carboxylic acids is 1. The predicted octanol–water partition coefficient (Wildman–Crippen LogP) is 0.0934. The topological polar surface area (TPSA) is 113 Å². The minimum Gasteiger partial charge on any atom is -0.480 e. The smallest absolute Gasteiger partial charge is 0.327 e. The van der Waals surface area contributed by atoms with Gasteiger partial charge in [-0.3, -0.25) is 14.9 Å². The number of nitrogens with one attached hydrogen (secondary N) is 1. The second-order valence-electron chi connectivity index (χ2n) is 4.33. The van der Waals surface area contributed by atoms with Gasteiger partial charge in [0.25, 0.3) is 11.6 Å². The number of carbonyl (C=O) groups excluding carboxylic acids is 1. The number of nitrogens with zero attached hydrogens (tertiary/aromatic N) is 2. The minimum atomic E-state index is -1.14. The Hall–Kier alpha value is -2.48. The number of carbonyl (C=O) groups is 2. The number of piperazine rings is 1. The second kappa shape index (κ2) is 5.66. The van der Waals surface area contributed by atoms with Crippen LogP contribution in [0.4, 0.5) is 5.69 Å². The molecule has 8 heteroatoms. The van der Waals surface area contributed by atoms with Gasteiger partial charge >= 0.3 is 5.97 Å². The molecule has 0 radical (unpaired) electrons. The summed E-state index contributed by atoms with van der Waals surface area (Å²) in [6.07, 6.45) is 0. The summed E-state index contributed by atoms with van der Waals surface area (Å²) >= 11 is 0. The normalized spacial score (nSPS) is 18.6. The lowest BCUT2D eigenvalue weighted by molar-refractivity contribution is -0.385. The van der Waals surface area contributed by atoms with Gasteiger partial charge < -0.3 is 15.3 Å². The van der Waals surface area contributed by atoms with E-state index in [2.05, 4.69) is 5.32 Å². The van der Waals surface area contributed by atoms with Gasteiger partial charge in [-0.1, -0.05) is 12.1 Å². The zero-order valence-electron chi connectivity index (χ0n) is 10.5. The molecule has 1 aliphatic rings. The van der Waals surface area contributed by atoms with E-state index in [-0.39, 0.29) is 24.3 Å². The number of para-hydroxylation sites is 1. The van der Waals surface area contributed by atoms with Crippen molar-refractivity contribution in [2.75, 3.05) is 19.6 Å². The van der Waals surface area contributed by atoms with E-state index in [1.54, 1.807) is 0 Å². The SMILES string of the molecule is O=C(O)C1CNCCN1C(=O)c1ccccc1[N+](=O)[O-]. The third kappa shape index (κ3) is 2.59. The average molecular weight is 279 g/mol. The molecule has 1 fully saturated rings. The first-order chi connectivity index (χ1) is 9.52. The number of nitro benzene ring substituents is 1. The lowest BCUT2D eigenvalue weighted by Crippen LogP contribution is -2.57. The molecule has 0 saturated carbocycles. The molecule has 1 unspecified atom stereocenters. The van der Waals surface area contributed by atoms with Gasteiger partial charge in [0.05, 0.1) is 4.92 Å². The molecule has 1 amide bonds. The van der Waals surface area contributed by atoms with Gasteiger partial charge in [-0.15, -0.1) is 0 Å². The van der Waals surface area contributed by atoms with Crippen LogP contribution in [0.5, 0.6) is 0 Å². The van der Waals surface area contributed by atoms with E-state index in [4.69, 9.17) is 5.11 Å². The van der Waals surface area contributed by atoms with Gasteiger partial charge in [-0.05, 0) is 6.07 Å². The van der Waals surface area contributed by atoms with Crippen LogP contribution < -0.4 is 5.32 Å². The van der Waals surface area contributed by atoms with E-state index in [0.29, 0.717) is 6.54 Å². The molecule has 1 aromatic rings. The minimum absolute atomic E-state index is 0.0920. The molecule has 1 aliphatic heterocycles. The van der Waals surface area contributed by atoms with Crippen molar-refractivity contribution in [3.8, 4) is 0 Å². The third-order valence-electron chi connectivity index (χ3n) is 3.12. The van der Waals surface area contributed by atoms with Gasteiger partial charge in [0, 0.05) is 25.7 Å². The lowest BCUT2D eigenvalue weighted by Gasteiger charge is -2.33. The van der Waals surface area contributed by atoms with Crippen molar-refractivity contribution in [3.63, 3.8) is 0 Å². The van der Waals surface area contributed by atoms with Crippen LogP contribution in [0.25, 0.3) is 0 Å². The van der Waals surface area contributed by atoms with Crippen molar-refractivity contribution in [2.24, 2.45) is 0 Å². The van der Waals surface area contributed by atoms with Crippen LogP contribution in [0.15, 0.2) is 24.3 Å². The zero-order valence-corrected chi connectivity index (χ0v) is 10.5. The van der Waals surface area contributed by atoms with Gasteiger partial charge in [-0.25, -0.2) is 4.79 Å². The summed E-state index contributed by atoms with van der Waals surface area (Å²) < 4.78 is 0. The number of rotatable bonds is 3. The fourth-order valence-corrected chi connectivity index (χ4v) is 2.14. The van der Waals surface area contributed by atoms with Crippen molar-refractivity contribution < 1.29 is 19.6 Å². The van der Waals surface area contributed by atoms with Crippen LogP contribution in [0, 0.1) is 10.1 Å². The van der Waals surface area contributed by atoms with E-state index in [0.717, 1.165) is 4.90 Å². The first kappa shape index (κ1) is 13.9. The summed E-state index contributed by atoms with van der Waals surface area (Å²) in [6, 6.07) is 4.52. The molecule has 1 aromatic carbocycles. The summed E-state index contributed by atoms with van der Waals surface area (Å²) in [5, 5.41) is 22.9. The van der Waals surface area contributed by atoms with Gasteiger partial charge in [0.15, 0.2) is 0 Å². The maximum absolute atomic E-state index is 12.4. The Balaban J connectivity index is 2.35. The number of nitro groups is 1. The van der Waals surface area contributed by atoms with Crippen LogP contribution >= 0.6 is 0 Å². The maximum Gasteiger partial charge on any atom is 0.327 e. The standard InChI is InChI=1S/C12H13N3O5/c16-11(8-3-1-2-4-9(8)15(19)20)14-6-5-13-7-10(14)12(17)18/h1-4,10,13H,5-7H2,(H,17,18). The van der Waals surface area contributed by atoms with Crippen molar-refractivity contribution in [2.45, 2.75) is 6.04 Å². The number of carboxylic acids is 1. The number of carboxylic acid groups (broad SMARTS) is 1. The molecule has 1 saturated heterocycles. The molecule has 0 aromatic heterocycles. The van der Waals surface area contributed by atoms with E-state index in [9.17, 15) is 19.7 Å². The third-order valence-corrected chi connectivity index (χ3v) is 3.12. The Morgan fingerprint density at radius 3 is 2.75 bits per heavy atom. The molecule has 2 N–H and O–H groups in total. The van der Waals surface area contributed by atoms with Crippen molar-refractivity contribution in [1.29, 1.82) is 0 Å². The Morgan fingerprint density at radius 2 is 2.10 bits per heavy atom. The largest absolute Gasteiger partial charge is 0.480 e. The summed E-state index contributed by atoms with van der Waals surface area (Å²) in [5.41, 5.74) is -0.411.